The first-order valence-corrected chi connectivity index (χ1v) is 11.2. The van der Waals surface area contributed by atoms with E-state index in [1.807, 2.05) is 22.6 Å². The second kappa shape index (κ2) is 7.64. The largest absolute Gasteiger partial charge is 0.321 e. The molecule has 1 fully saturated rings. The third-order valence-corrected chi connectivity index (χ3v) is 6.71. The van der Waals surface area contributed by atoms with Gasteiger partial charge in [-0.05, 0) is 54.7 Å². The number of fused-ring (bicyclic) bond motifs is 1. The molecule has 1 saturated carbocycles. The van der Waals surface area contributed by atoms with Crippen molar-refractivity contribution in [3.8, 4) is 33.6 Å². The number of nitrogens with two attached hydrogens (primary N) is 1. The van der Waals surface area contributed by atoms with Gasteiger partial charge in [-0.1, -0.05) is 54.6 Å². The van der Waals surface area contributed by atoms with Crippen LogP contribution in [0.25, 0.3) is 39.4 Å². The molecule has 0 amide bonds. The van der Waals surface area contributed by atoms with E-state index in [1.165, 1.54) is 24.1 Å². The highest BCUT2D eigenvalue weighted by Crippen LogP contribution is 2.40. The molecule has 5 aromatic rings. The second-order valence-corrected chi connectivity index (χ2v) is 8.78. The van der Waals surface area contributed by atoms with Gasteiger partial charge in [-0.15, -0.1) is 0 Å². The molecule has 4 nitrogen and oxygen atoms in total. The topological polar surface area (TPSA) is 56.2 Å². The Morgan fingerprint density at radius 3 is 2.18 bits per heavy atom. The first-order valence-electron chi connectivity index (χ1n) is 11.2. The zero-order chi connectivity index (χ0) is 22.4. The third kappa shape index (κ3) is 3.41. The maximum atomic E-state index is 13.5. The molecule has 2 N–H and O–H groups in total. The third-order valence-electron chi connectivity index (χ3n) is 6.71. The quantitative estimate of drug-likeness (QED) is 0.366. The average molecular weight is 435 g/mol. The lowest BCUT2D eigenvalue weighted by molar-refractivity contribution is 0.253. The number of hydrogen-bond acceptors (Lipinski definition) is 3. The molecular weight excluding hydrogens is 411 g/mol. The molecule has 3 aromatic carbocycles. The van der Waals surface area contributed by atoms with Crippen molar-refractivity contribution < 1.29 is 4.39 Å². The number of nitrogens with zero attached hydrogens (tertiary/aromatic N) is 3. The molecule has 5 heteroatoms. The minimum Gasteiger partial charge on any atom is -0.321 e. The lowest BCUT2D eigenvalue weighted by Crippen LogP contribution is -2.43. The molecule has 0 bridgehead atoms. The normalized spacial score (nSPS) is 14.8. The van der Waals surface area contributed by atoms with Crippen molar-refractivity contribution in [2.45, 2.75) is 24.8 Å². The van der Waals surface area contributed by atoms with E-state index in [0.717, 1.165) is 46.5 Å². The molecule has 0 atom stereocenters. The summed E-state index contributed by atoms with van der Waals surface area (Å²) in [7, 11) is 0. The van der Waals surface area contributed by atoms with Gasteiger partial charge in [-0.2, -0.15) is 0 Å². The van der Waals surface area contributed by atoms with E-state index < -0.39 is 0 Å². The van der Waals surface area contributed by atoms with Gasteiger partial charge in [0, 0.05) is 28.4 Å². The second-order valence-electron chi connectivity index (χ2n) is 8.78. The van der Waals surface area contributed by atoms with Crippen LogP contribution in [0.4, 0.5) is 4.39 Å². The molecule has 0 spiro atoms. The van der Waals surface area contributed by atoms with Gasteiger partial charge < -0.3 is 5.73 Å². The number of benzene rings is 3. The van der Waals surface area contributed by atoms with Crippen molar-refractivity contribution in [3.05, 3.63) is 103 Å². The van der Waals surface area contributed by atoms with E-state index in [-0.39, 0.29) is 11.4 Å². The highest BCUT2D eigenvalue weighted by atomic mass is 19.1. The van der Waals surface area contributed by atoms with E-state index in [4.69, 9.17) is 10.7 Å². The van der Waals surface area contributed by atoms with Crippen molar-refractivity contribution in [1.82, 2.24) is 14.4 Å². The van der Waals surface area contributed by atoms with Crippen LogP contribution in [0.1, 0.15) is 24.8 Å². The molecule has 0 radical (unpaired) electrons. The van der Waals surface area contributed by atoms with E-state index >= 15 is 0 Å². The van der Waals surface area contributed by atoms with Gasteiger partial charge in [-0.3, -0.25) is 4.40 Å². The molecule has 162 valence electrons. The van der Waals surface area contributed by atoms with Crippen LogP contribution in [0.2, 0.25) is 0 Å². The van der Waals surface area contributed by atoms with Crippen LogP contribution in [0.3, 0.4) is 0 Å². The Bertz CT molecular complexity index is 1430. The summed E-state index contributed by atoms with van der Waals surface area (Å²) in [5.74, 6) is 0.338. The smallest absolute Gasteiger partial charge is 0.234 e. The summed E-state index contributed by atoms with van der Waals surface area (Å²) >= 11 is 0. The van der Waals surface area contributed by atoms with Crippen molar-refractivity contribution in [1.29, 1.82) is 0 Å². The molecule has 1 aliphatic carbocycles. The van der Waals surface area contributed by atoms with Crippen LogP contribution in [0, 0.1) is 5.82 Å². The van der Waals surface area contributed by atoms with Gasteiger partial charge in [0.25, 0.3) is 0 Å². The zero-order valence-corrected chi connectivity index (χ0v) is 18.1. The first-order chi connectivity index (χ1) is 16.1. The average Bonchev–Trinajstić information content (AvgIpc) is 3.26. The summed E-state index contributed by atoms with van der Waals surface area (Å²) in [6.45, 7) is 0. The van der Waals surface area contributed by atoms with Crippen LogP contribution < -0.4 is 5.73 Å². The number of hydrogen-bond donors (Lipinski definition) is 1. The Morgan fingerprint density at radius 2 is 1.52 bits per heavy atom. The summed E-state index contributed by atoms with van der Waals surface area (Å²) in [4.78, 5) is 9.51. The summed E-state index contributed by atoms with van der Waals surface area (Å²) in [5.41, 5.74) is 13.2. The number of aromatic nitrogens is 3. The van der Waals surface area contributed by atoms with E-state index in [2.05, 4.69) is 47.6 Å². The summed E-state index contributed by atoms with van der Waals surface area (Å²) in [6.07, 6.45) is 7.11. The summed E-state index contributed by atoms with van der Waals surface area (Å²) in [5, 5.41) is 0. The van der Waals surface area contributed by atoms with Crippen LogP contribution in [-0.4, -0.2) is 14.4 Å². The molecular formula is C28H23FN4. The van der Waals surface area contributed by atoms with Crippen molar-refractivity contribution in [2.24, 2.45) is 5.73 Å². The minimum absolute atomic E-state index is 0.189. The Hall–Kier alpha value is -3.83. The lowest BCUT2D eigenvalue weighted by Gasteiger charge is -2.38. The predicted molar refractivity (Wildman–Crippen MR) is 129 cm³/mol. The van der Waals surface area contributed by atoms with E-state index in [9.17, 15) is 4.39 Å². The van der Waals surface area contributed by atoms with Crippen molar-refractivity contribution >= 4 is 5.78 Å². The monoisotopic (exact) mass is 434 g/mol. The molecule has 33 heavy (non-hydrogen) atoms. The molecule has 6 rings (SSSR count). The van der Waals surface area contributed by atoms with Gasteiger partial charge in [0.05, 0.1) is 17.6 Å². The fourth-order valence-electron chi connectivity index (χ4n) is 4.60. The minimum atomic E-state index is -0.262. The fourth-order valence-corrected chi connectivity index (χ4v) is 4.60. The maximum absolute atomic E-state index is 13.5. The van der Waals surface area contributed by atoms with Crippen LogP contribution >= 0.6 is 0 Å². The predicted octanol–water partition coefficient (Wildman–Crippen LogP) is 6.21. The van der Waals surface area contributed by atoms with Crippen molar-refractivity contribution in [3.63, 3.8) is 0 Å². The van der Waals surface area contributed by atoms with Crippen LogP contribution in [-0.2, 0) is 5.54 Å². The molecule has 2 aromatic heterocycles. The molecule has 0 aliphatic heterocycles. The molecule has 0 unspecified atom stereocenters. The van der Waals surface area contributed by atoms with Crippen LogP contribution in [0.15, 0.2) is 91.3 Å². The Balaban J connectivity index is 1.52. The highest BCUT2D eigenvalue weighted by molar-refractivity contribution is 5.82. The summed E-state index contributed by atoms with van der Waals surface area (Å²) in [6, 6.07) is 25.1. The molecule has 0 saturated heterocycles. The lowest BCUT2D eigenvalue weighted by atomic mass is 9.72. The van der Waals surface area contributed by atoms with Gasteiger partial charge in [-0.25, -0.2) is 14.4 Å². The molecule has 2 heterocycles. The number of imidazole rings is 1. The standard InChI is InChI=1S/C28H23FN4/c29-23-13-9-20(10-14-23)25-17-31-27-32-26(24(18-33(25)27)19-5-2-1-3-6-19)21-7-11-22(12-8-21)28(30)15-4-16-28/h1-3,5-14,17-18H,4,15-16,30H2. The summed E-state index contributed by atoms with van der Waals surface area (Å²) < 4.78 is 15.4. The number of halogens is 1. The van der Waals surface area contributed by atoms with Gasteiger partial charge in [0.2, 0.25) is 5.78 Å². The van der Waals surface area contributed by atoms with Gasteiger partial charge in [0.1, 0.15) is 5.82 Å². The Labute approximate surface area is 191 Å². The fraction of sp³-hybridized carbons (Fsp3) is 0.143. The van der Waals surface area contributed by atoms with Gasteiger partial charge >= 0.3 is 0 Å². The van der Waals surface area contributed by atoms with Crippen LogP contribution in [0.5, 0.6) is 0 Å². The zero-order valence-electron chi connectivity index (χ0n) is 18.1. The van der Waals surface area contributed by atoms with Gasteiger partial charge in [0.15, 0.2) is 0 Å². The first kappa shape index (κ1) is 19.8. The highest BCUT2D eigenvalue weighted by Gasteiger charge is 2.34. The van der Waals surface area contributed by atoms with E-state index in [1.54, 1.807) is 18.3 Å². The number of rotatable bonds is 4. The Kier molecular flexibility index (Phi) is 4.59. The van der Waals surface area contributed by atoms with E-state index in [0.29, 0.717) is 5.78 Å². The SMILES string of the molecule is NC1(c2ccc(-c3nc4ncc(-c5ccc(F)cc5)n4cc3-c3ccccc3)cc2)CCC1. The van der Waals surface area contributed by atoms with Crippen molar-refractivity contribution in [2.75, 3.05) is 0 Å². The maximum Gasteiger partial charge on any atom is 0.234 e. The molecule has 1 aliphatic rings. The Morgan fingerprint density at radius 1 is 0.818 bits per heavy atom.